The Kier molecular flexibility index (Phi) is 4.25. The van der Waals surface area contributed by atoms with Crippen LogP contribution in [0.15, 0.2) is 28.8 Å². The minimum atomic E-state index is 0.758. The van der Waals surface area contributed by atoms with Crippen molar-refractivity contribution in [2.24, 2.45) is 0 Å². The molecule has 2 aromatic rings. The van der Waals surface area contributed by atoms with Gasteiger partial charge in [0.2, 0.25) is 0 Å². The van der Waals surface area contributed by atoms with Crippen LogP contribution in [0.5, 0.6) is 0 Å². The van der Waals surface area contributed by atoms with Crippen molar-refractivity contribution in [3.05, 3.63) is 46.8 Å². The molecule has 1 aliphatic heterocycles. The smallest absolute Gasteiger partial charge is 0.138 e. The van der Waals surface area contributed by atoms with Crippen LogP contribution in [0.25, 0.3) is 0 Å². The van der Waals surface area contributed by atoms with E-state index in [9.17, 15) is 0 Å². The van der Waals surface area contributed by atoms with Gasteiger partial charge in [-0.05, 0) is 57.5 Å². The van der Waals surface area contributed by atoms with E-state index < -0.39 is 0 Å². The second kappa shape index (κ2) is 6.31. The van der Waals surface area contributed by atoms with Crippen LogP contribution in [0.1, 0.15) is 35.4 Å². The van der Waals surface area contributed by atoms with Crippen LogP contribution in [-0.4, -0.2) is 23.1 Å². The largest absolute Gasteiger partial charge is 0.381 e. The third kappa shape index (κ3) is 3.45. The molecule has 0 aliphatic carbocycles. The Morgan fingerprint density at radius 1 is 1.24 bits per heavy atom. The predicted octanol–water partition coefficient (Wildman–Crippen LogP) is 3.50. The lowest BCUT2D eigenvalue weighted by Gasteiger charge is -2.15. The van der Waals surface area contributed by atoms with Crippen molar-refractivity contribution in [2.45, 2.75) is 39.8 Å². The summed E-state index contributed by atoms with van der Waals surface area (Å²) < 4.78 is 5.20. The van der Waals surface area contributed by atoms with Crippen molar-refractivity contribution in [3.63, 3.8) is 0 Å². The van der Waals surface area contributed by atoms with Gasteiger partial charge in [0.05, 0.1) is 5.69 Å². The molecule has 3 rings (SSSR count). The average molecular weight is 285 g/mol. The highest BCUT2D eigenvalue weighted by molar-refractivity contribution is 5.46. The van der Waals surface area contributed by atoms with Crippen molar-refractivity contribution in [2.75, 3.05) is 18.4 Å². The van der Waals surface area contributed by atoms with Gasteiger partial charge >= 0.3 is 0 Å². The molecule has 2 heterocycles. The number of nitrogens with one attached hydrogen (secondary N) is 1. The maximum atomic E-state index is 5.20. The fourth-order valence-electron chi connectivity index (χ4n) is 2.92. The highest BCUT2D eigenvalue weighted by Gasteiger charge is 2.12. The number of hydrogen-bond donors (Lipinski definition) is 1. The van der Waals surface area contributed by atoms with E-state index in [1.165, 1.54) is 31.5 Å². The lowest BCUT2D eigenvalue weighted by atomic mass is 10.1. The summed E-state index contributed by atoms with van der Waals surface area (Å²) in [6.07, 6.45) is 2.67. The summed E-state index contributed by atoms with van der Waals surface area (Å²) in [6.45, 7) is 8.22. The molecule has 1 aliphatic rings. The van der Waals surface area contributed by atoms with Crippen LogP contribution < -0.4 is 5.32 Å². The summed E-state index contributed by atoms with van der Waals surface area (Å²) in [5, 5.41) is 7.47. The molecule has 4 nitrogen and oxygen atoms in total. The molecule has 1 fully saturated rings. The molecule has 112 valence electrons. The zero-order valence-electron chi connectivity index (χ0n) is 12.9. The van der Waals surface area contributed by atoms with Crippen LogP contribution in [0, 0.1) is 13.8 Å². The van der Waals surface area contributed by atoms with Crippen molar-refractivity contribution in [1.29, 1.82) is 0 Å². The highest BCUT2D eigenvalue weighted by atomic mass is 16.5. The maximum absolute atomic E-state index is 5.20. The van der Waals surface area contributed by atoms with Gasteiger partial charge in [-0.15, -0.1) is 0 Å². The summed E-state index contributed by atoms with van der Waals surface area (Å²) >= 11 is 0. The second-order valence-electron chi connectivity index (χ2n) is 5.84. The Bertz CT molecular complexity index is 580. The normalized spacial score (nSPS) is 15.5. The number of nitrogens with zero attached hydrogens (tertiary/aromatic N) is 2. The molecule has 0 atom stereocenters. The molecule has 0 spiro atoms. The quantitative estimate of drug-likeness (QED) is 0.913. The molecule has 21 heavy (non-hydrogen) atoms. The SMILES string of the molecule is Cc1noc(C)c1CNc1cccc(CN2CCCC2)c1. The lowest BCUT2D eigenvalue weighted by molar-refractivity contribution is 0.331. The van der Waals surface area contributed by atoms with Crippen molar-refractivity contribution in [3.8, 4) is 0 Å². The van der Waals surface area contributed by atoms with E-state index in [0.29, 0.717) is 0 Å². The Hall–Kier alpha value is -1.81. The van der Waals surface area contributed by atoms with Crippen molar-refractivity contribution < 1.29 is 4.52 Å². The van der Waals surface area contributed by atoms with Crippen molar-refractivity contribution in [1.82, 2.24) is 10.1 Å². The Morgan fingerprint density at radius 3 is 2.76 bits per heavy atom. The van der Waals surface area contributed by atoms with Gasteiger partial charge in [0.1, 0.15) is 5.76 Å². The number of aryl methyl sites for hydroxylation is 2. The fraction of sp³-hybridized carbons (Fsp3) is 0.471. The zero-order valence-corrected chi connectivity index (χ0v) is 12.9. The molecule has 0 bridgehead atoms. The van der Waals surface area contributed by atoms with Crippen molar-refractivity contribution >= 4 is 5.69 Å². The lowest BCUT2D eigenvalue weighted by Crippen LogP contribution is -2.18. The molecule has 0 saturated carbocycles. The van der Waals surface area contributed by atoms with Gasteiger partial charge in [-0.2, -0.15) is 0 Å². The molecule has 0 amide bonds. The molecule has 1 saturated heterocycles. The predicted molar refractivity (Wildman–Crippen MR) is 84.3 cm³/mol. The first-order valence-electron chi connectivity index (χ1n) is 7.69. The van der Waals surface area contributed by atoms with E-state index in [2.05, 4.69) is 39.6 Å². The summed E-state index contributed by atoms with van der Waals surface area (Å²) in [4.78, 5) is 2.52. The number of hydrogen-bond acceptors (Lipinski definition) is 4. The number of rotatable bonds is 5. The van der Waals surface area contributed by atoms with Gasteiger partial charge in [0.25, 0.3) is 0 Å². The molecule has 0 radical (unpaired) electrons. The van der Waals surface area contributed by atoms with E-state index in [0.717, 1.165) is 35.8 Å². The molecule has 0 unspecified atom stereocenters. The highest BCUT2D eigenvalue weighted by Crippen LogP contribution is 2.18. The number of likely N-dealkylation sites (tertiary alicyclic amines) is 1. The molecule has 1 N–H and O–H groups in total. The number of benzene rings is 1. The summed E-state index contributed by atoms with van der Waals surface area (Å²) in [5.41, 5.74) is 4.65. The zero-order chi connectivity index (χ0) is 14.7. The summed E-state index contributed by atoms with van der Waals surface area (Å²) in [6, 6.07) is 8.70. The van der Waals surface area contributed by atoms with Crippen LogP contribution in [-0.2, 0) is 13.1 Å². The Morgan fingerprint density at radius 2 is 2.05 bits per heavy atom. The first-order chi connectivity index (χ1) is 10.2. The van der Waals surface area contributed by atoms with Crippen LogP contribution in [0.4, 0.5) is 5.69 Å². The minimum Gasteiger partial charge on any atom is -0.381 e. The Labute approximate surface area is 126 Å². The third-order valence-electron chi connectivity index (χ3n) is 4.18. The van der Waals surface area contributed by atoms with Crippen LogP contribution in [0.3, 0.4) is 0 Å². The van der Waals surface area contributed by atoms with Crippen LogP contribution >= 0.6 is 0 Å². The van der Waals surface area contributed by atoms with Gasteiger partial charge in [-0.1, -0.05) is 17.3 Å². The second-order valence-corrected chi connectivity index (χ2v) is 5.84. The first kappa shape index (κ1) is 14.1. The Balaban J connectivity index is 1.63. The van der Waals surface area contributed by atoms with Gasteiger partial charge < -0.3 is 9.84 Å². The molecular formula is C17H23N3O. The molecule has 4 heteroatoms. The monoisotopic (exact) mass is 285 g/mol. The van der Waals surface area contributed by atoms with Crippen LogP contribution in [0.2, 0.25) is 0 Å². The van der Waals surface area contributed by atoms with E-state index in [1.54, 1.807) is 0 Å². The standard InChI is InChI=1S/C17H23N3O/c1-13-17(14(2)21-19-13)11-18-16-7-5-6-15(10-16)12-20-8-3-4-9-20/h5-7,10,18H,3-4,8-9,11-12H2,1-2H3. The van der Waals surface area contributed by atoms with Gasteiger partial charge in [0, 0.05) is 24.3 Å². The van der Waals surface area contributed by atoms with Gasteiger partial charge in [-0.25, -0.2) is 0 Å². The number of anilines is 1. The summed E-state index contributed by atoms with van der Waals surface area (Å²) in [5.74, 6) is 0.897. The summed E-state index contributed by atoms with van der Waals surface area (Å²) in [7, 11) is 0. The topological polar surface area (TPSA) is 41.3 Å². The molecule has 1 aromatic heterocycles. The third-order valence-corrected chi connectivity index (χ3v) is 4.18. The van der Waals surface area contributed by atoms with Gasteiger partial charge in [0.15, 0.2) is 0 Å². The molecular weight excluding hydrogens is 262 g/mol. The first-order valence-corrected chi connectivity index (χ1v) is 7.69. The molecule has 1 aromatic carbocycles. The van der Waals surface area contributed by atoms with E-state index in [4.69, 9.17) is 4.52 Å². The van der Waals surface area contributed by atoms with E-state index >= 15 is 0 Å². The fourth-order valence-corrected chi connectivity index (χ4v) is 2.92. The number of aromatic nitrogens is 1. The maximum Gasteiger partial charge on any atom is 0.138 e. The van der Waals surface area contributed by atoms with E-state index in [1.807, 2.05) is 13.8 Å². The van der Waals surface area contributed by atoms with E-state index in [-0.39, 0.29) is 0 Å². The minimum absolute atomic E-state index is 0.758. The average Bonchev–Trinajstić information content (AvgIpc) is 3.09. The van der Waals surface area contributed by atoms with Gasteiger partial charge in [-0.3, -0.25) is 4.90 Å².